The van der Waals surface area contributed by atoms with Crippen molar-refractivity contribution in [3.8, 4) is 11.1 Å². The lowest BCUT2D eigenvalue weighted by Crippen LogP contribution is -1.77. The predicted molar refractivity (Wildman–Crippen MR) is 57.8 cm³/mol. The van der Waals surface area contributed by atoms with Crippen molar-refractivity contribution in [3.63, 3.8) is 0 Å². The molecular weight excluding hydrogens is 180 g/mol. The number of pyridine rings is 2. The normalized spacial score (nSPS) is 8.92. The standard InChI is InChI=1S/C10H8N2.H2S/c1-5-11-6-2-9(1)10-3-7-12-8-4-10;/h1-8H;1H2. The summed E-state index contributed by atoms with van der Waals surface area (Å²) in [6.07, 6.45) is 7.15. The Balaban J connectivity index is 0.000000845. The Hall–Kier alpha value is -1.35. The van der Waals surface area contributed by atoms with E-state index in [1.807, 2.05) is 24.3 Å². The van der Waals surface area contributed by atoms with E-state index >= 15 is 0 Å². The van der Waals surface area contributed by atoms with Crippen molar-refractivity contribution >= 4 is 13.5 Å². The predicted octanol–water partition coefficient (Wildman–Crippen LogP) is 2.26. The Bertz CT molecular complexity index is 310. The number of rotatable bonds is 1. The highest BCUT2D eigenvalue weighted by atomic mass is 32.1. The number of hydrogen-bond donors (Lipinski definition) is 0. The summed E-state index contributed by atoms with van der Waals surface area (Å²) in [5, 5.41) is 0. The minimum atomic E-state index is 0. The van der Waals surface area contributed by atoms with Crippen LogP contribution in [0.25, 0.3) is 11.1 Å². The van der Waals surface area contributed by atoms with Crippen LogP contribution in [0.3, 0.4) is 0 Å². The Morgan fingerprint density at radius 2 is 0.923 bits per heavy atom. The van der Waals surface area contributed by atoms with Crippen LogP contribution in [0.5, 0.6) is 0 Å². The van der Waals surface area contributed by atoms with Crippen LogP contribution in [0.15, 0.2) is 49.1 Å². The molecule has 0 spiro atoms. The van der Waals surface area contributed by atoms with Crippen LogP contribution in [-0.4, -0.2) is 9.97 Å². The highest BCUT2D eigenvalue weighted by Gasteiger charge is 1.92. The first-order chi connectivity index (χ1) is 5.97. The van der Waals surface area contributed by atoms with Gasteiger partial charge in [-0.3, -0.25) is 9.97 Å². The molecular formula is C10H10N2S. The van der Waals surface area contributed by atoms with Gasteiger partial charge < -0.3 is 0 Å². The summed E-state index contributed by atoms with van der Waals surface area (Å²) >= 11 is 0. The van der Waals surface area contributed by atoms with Crippen LogP contribution in [0.4, 0.5) is 0 Å². The van der Waals surface area contributed by atoms with Gasteiger partial charge in [0.05, 0.1) is 0 Å². The molecule has 2 rings (SSSR count). The van der Waals surface area contributed by atoms with Crippen molar-refractivity contribution in [2.75, 3.05) is 0 Å². The maximum Gasteiger partial charge on any atom is 0.0273 e. The zero-order chi connectivity index (χ0) is 8.23. The molecule has 2 aromatic rings. The van der Waals surface area contributed by atoms with E-state index in [2.05, 4.69) is 9.97 Å². The zero-order valence-corrected chi connectivity index (χ0v) is 8.01. The lowest BCUT2D eigenvalue weighted by molar-refractivity contribution is 1.31. The first-order valence-corrected chi connectivity index (χ1v) is 3.77. The van der Waals surface area contributed by atoms with Gasteiger partial charge in [-0.2, -0.15) is 13.5 Å². The molecule has 2 nitrogen and oxygen atoms in total. The molecule has 2 aromatic heterocycles. The van der Waals surface area contributed by atoms with E-state index < -0.39 is 0 Å². The van der Waals surface area contributed by atoms with Gasteiger partial charge in [0.2, 0.25) is 0 Å². The van der Waals surface area contributed by atoms with Crippen molar-refractivity contribution in [2.24, 2.45) is 0 Å². The fourth-order valence-electron chi connectivity index (χ4n) is 1.09. The monoisotopic (exact) mass is 190 g/mol. The first kappa shape index (κ1) is 9.74. The minimum absolute atomic E-state index is 0. The van der Waals surface area contributed by atoms with Crippen molar-refractivity contribution in [3.05, 3.63) is 49.1 Å². The van der Waals surface area contributed by atoms with Crippen LogP contribution in [-0.2, 0) is 0 Å². The van der Waals surface area contributed by atoms with Crippen LogP contribution in [0.2, 0.25) is 0 Å². The summed E-state index contributed by atoms with van der Waals surface area (Å²) in [5.41, 5.74) is 2.35. The molecule has 3 heteroatoms. The van der Waals surface area contributed by atoms with Gasteiger partial charge in [0.1, 0.15) is 0 Å². The molecule has 0 aliphatic carbocycles. The molecule has 0 unspecified atom stereocenters. The fraction of sp³-hybridized carbons (Fsp3) is 0. The van der Waals surface area contributed by atoms with Crippen LogP contribution in [0.1, 0.15) is 0 Å². The van der Waals surface area contributed by atoms with Gasteiger partial charge in [-0.15, -0.1) is 0 Å². The smallest absolute Gasteiger partial charge is 0.0273 e. The molecule has 0 saturated heterocycles. The summed E-state index contributed by atoms with van der Waals surface area (Å²) in [6.45, 7) is 0. The van der Waals surface area contributed by atoms with E-state index in [0.717, 1.165) is 0 Å². The molecule has 66 valence electrons. The summed E-state index contributed by atoms with van der Waals surface area (Å²) in [4.78, 5) is 7.91. The molecule has 2 heterocycles. The van der Waals surface area contributed by atoms with E-state index in [1.54, 1.807) is 24.8 Å². The third-order valence-electron chi connectivity index (χ3n) is 1.69. The Morgan fingerprint density at radius 1 is 0.615 bits per heavy atom. The summed E-state index contributed by atoms with van der Waals surface area (Å²) in [7, 11) is 0. The van der Waals surface area contributed by atoms with Crippen molar-refractivity contribution in [1.82, 2.24) is 9.97 Å². The van der Waals surface area contributed by atoms with Gasteiger partial charge in [0, 0.05) is 24.8 Å². The SMILES string of the molecule is S.c1cc(-c2ccncc2)ccn1. The van der Waals surface area contributed by atoms with Gasteiger partial charge in [-0.1, -0.05) is 0 Å². The maximum absolute atomic E-state index is 3.96. The van der Waals surface area contributed by atoms with E-state index in [4.69, 9.17) is 0 Å². The van der Waals surface area contributed by atoms with Gasteiger partial charge in [0.25, 0.3) is 0 Å². The lowest BCUT2D eigenvalue weighted by atomic mass is 10.1. The lowest BCUT2D eigenvalue weighted by Gasteiger charge is -1.97. The third-order valence-corrected chi connectivity index (χ3v) is 1.69. The summed E-state index contributed by atoms with van der Waals surface area (Å²) in [6, 6.07) is 7.93. The van der Waals surface area contributed by atoms with E-state index in [9.17, 15) is 0 Å². The highest BCUT2D eigenvalue weighted by molar-refractivity contribution is 7.59. The topological polar surface area (TPSA) is 25.8 Å². The molecule has 13 heavy (non-hydrogen) atoms. The van der Waals surface area contributed by atoms with Gasteiger partial charge >= 0.3 is 0 Å². The average Bonchev–Trinajstić information content (AvgIpc) is 2.21. The second-order valence-electron chi connectivity index (χ2n) is 2.47. The van der Waals surface area contributed by atoms with Gasteiger partial charge in [-0.05, 0) is 35.4 Å². The first-order valence-electron chi connectivity index (χ1n) is 3.77. The van der Waals surface area contributed by atoms with Crippen molar-refractivity contribution in [1.29, 1.82) is 0 Å². The number of nitrogens with zero attached hydrogens (tertiary/aromatic N) is 2. The van der Waals surface area contributed by atoms with Crippen LogP contribution < -0.4 is 0 Å². The second kappa shape index (κ2) is 4.62. The quantitative estimate of drug-likeness (QED) is 0.689. The molecule has 0 radical (unpaired) electrons. The fourth-order valence-corrected chi connectivity index (χ4v) is 1.09. The largest absolute Gasteiger partial charge is 0.265 e. The molecule has 0 fully saturated rings. The second-order valence-corrected chi connectivity index (χ2v) is 2.47. The summed E-state index contributed by atoms with van der Waals surface area (Å²) in [5.74, 6) is 0. The minimum Gasteiger partial charge on any atom is -0.265 e. The maximum atomic E-state index is 3.96. The molecule has 0 aliphatic heterocycles. The van der Waals surface area contributed by atoms with Gasteiger partial charge in [0.15, 0.2) is 0 Å². The third kappa shape index (κ3) is 2.29. The molecule has 0 aromatic carbocycles. The van der Waals surface area contributed by atoms with Crippen molar-refractivity contribution < 1.29 is 0 Å². The highest BCUT2D eigenvalue weighted by Crippen LogP contribution is 2.15. The average molecular weight is 190 g/mol. The Morgan fingerprint density at radius 3 is 1.23 bits per heavy atom. The molecule has 0 aliphatic rings. The Kier molecular flexibility index (Phi) is 3.46. The molecule has 0 saturated carbocycles. The molecule has 0 N–H and O–H groups in total. The van der Waals surface area contributed by atoms with Crippen molar-refractivity contribution in [2.45, 2.75) is 0 Å². The number of aromatic nitrogens is 2. The van der Waals surface area contributed by atoms with Gasteiger partial charge in [-0.25, -0.2) is 0 Å². The molecule has 0 atom stereocenters. The summed E-state index contributed by atoms with van der Waals surface area (Å²) < 4.78 is 0. The molecule has 0 bridgehead atoms. The van der Waals surface area contributed by atoms with Crippen LogP contribution >= 0.6 is 13.5 Å². The zero-order valence-electron chi connectivity index (χ0n) is 7.01. The molecule has 0 amide bonds. The van der Waals surface area contributed by atoms with E-state index in [0.29, 0.717) is 0 Å². The number of hydrogen-bond acceptors (Lipinski definition) is 2. The van der Waals surface area contributed by atoms with Crippen LogP contribution in [0, 0.1) is 0 Å². The van der Waals surface area contributed by atoms with E-state index in [1.165, 1.54) is 11.1 Å². The Labute approximate surface area is 84.1 Å². The van der Waals surface area contributed by atoms with E-state index in [-0.39, 0.29) is 13.5 Å².